The second-order valence-electron chi connectivity index (χ2n) is 9.89. The lowest BCUT2D eigenvalue weighted by Gasteiger charge is -2.14. The van der Waals surface area contributed by atoms with Crippen molar-refractivity contribution in [1.29, 1.82) is 0 Å². The number of halogens is 1. The largest absolute Gasteiger partial charge is 0.457 e. The Morgan fingerprint density at radius 2 is 1.52 bits per heavy atom. The molecule has 1 heterocycles. The molecular weight excluding hydrogens is 513 g/mol. The third-order valence-electron chi connectivity index (χ3n) is 7.10. The van der Waals surface area contributed by atoms with Gasteiger partial charge in [-0.3, -0.25) is 19.4 Å². The van der Waals surface area contributed by atoms with Crippen molar-refractivity contribution in [2.24, 2.45) is 5.41 Å². The number of ether oxygens (including phenoxy) is 2. The molecule has 0 bridgehead atoms. The second-order valence-corrected chi connectivity index (χ2v) is 9.89. The number of carbonyl (C=O) groups is 3. The fourth-order valence-electron chi connectivity index (χ4n) is 4.65. The number of ketones is 3. The highest BCUT2D eigenvalue weighted by Gasteiger charge is 2.54. The van der Waals surface area contributed by atoms with E-state index in [0.29, 0.717) is 41.0 Å². The average molecular weight is 542 g/mol. The normalized spacial score (nSPS) is 13.7. The van der Waals surface area contributed by atoms with Gasteiger partial charge < -0.3 is 14.6 Å². The Kier molecular flexibility index (Phi) is 8.09. The number of pyridine rings is 1. The number of aliphatic hydroxyl groups is 1. The number of aliphatic hydroxyl groups excluding tert-OH is 1. The Morgan fingerprint density at radius 3 is 2.15 bits per heavy atom. The first-order valence-electron chi connectivity index (χ1n) is 13.1. The molecule has 0 aliphatic heterocycles. The van der Waals surface area contributed by atoms with Crippen LogP contribution in [0.15, 0.2) is 79.0 Å². The molecule has 204 valence electrons. The molecule has 1 fully saturated rings. The van der Waals surface area contributed by atoms with Gasteiger partial charge in [-0.25, -0.2) is 4.39 Å². The summed E-state index contributed by atoms with van der Waals surface area (Å²) in [7, 11) is 0. The van der Waals surface area contributed by atoms with E-state index in [1.54, 1.807) is 66.9 Å². The number of rotatable bonds is 13. The zero-order valence-corrected chi connectivity index (χ0v) is 21.8. The van der Waals surface area contributed by atoms with Gasteiger partial charge in [0.15, 0.2) is 17.3 Å². The van der Waals surface area contributed by atoms with Crippen molar-refractivity contribution in [3.63, 3.8) is 0 Å². The molecule has 0 atom stereocenters. The molecule has 0 amide bonds. The molecule has 40 heavy (non-hydrogen) atoms. The Bertz CT molecular complexity index is 1540. The molecule has 0 spiro atoms. The lowest BCUT2D eigenvalue weighted by atomic mass is 9.88. The third-order valence-corrected chi connectivity index (χ3v) is 7.10. The summed E-state index contributed by atoms with van der Waals surface area (Å²) in [5.41, 5.74) is 1.58. The van der Waals surface area contributed by atoms with Gasteiger partial charge in [-0.2, -0.15) is 0 Å². The smallest absolute Gasteiger partial charge is 0.188 e. The van der Waals surface area contributed by atoms with Crippen LogP contribution < -0.4 is 4.74 Å². The average Bonchev–Trinajstić information content (AvgIpc) is 3.78. The summed E-state index contributed by atoms with van der Waals surface area (Å²) >= 11 is 0. The summed E-state index contributed by atoms with van der Waals surface area (Å²) in [5, 5.41) is 9.53. The van der Waals surface area contributed by atoms with Crippen molar-refractivity contribution in [2.45, 2.75) is 25.7 Å². The van der Waals surface area contributed by atoms with Crippen LogP contribution >= 0.6 is 0 Å². The fraction of sp³-hybridized carbons (Fsp3) is 0.250. The third kappa shape index (κ3) is 6.14. The molecular formula is C32H28FNO6. The Balaban J connectivity index is 1.22. The van der Waals surface area contributed by atoms with Crippen LogP contribution in [0.4, 0.5) is 4.39 Å². The minimum absolute atomic E-state index is 0.0963. The molecule has 1 saturated carbocycles. The van der Waals surface area contributed by atoms with E-state index in [0.717, 1.165) is 10.9 Å². The van der Waals surface area contributed by atoms with Gasteiger partial charge >= 0.3 is 0 Å². The maximum absolute atomic E-state index is 13.2. The predicted molar refractivity (Wildman–Crippen MR) is 146 cm³/mol. The number of hydrogen-bond donors (Lipinski definition) is 1. The van der Waals surface area contributed by atoms with Crippen LogP contribution in [0.2, 0.25) is 0 Å². The van der Waals surface area contributed by atoms with Crippen molar-refractivity contribution in [3.05, 3.63) is 102 Å². The zero-order chi connectivity index (χ0) is 28.1. The first kappa shape index (κ1) is 27.3. The minimum Gasteiger partial charge on any atom is -0.457 e. The monoisotopic (exact) mass is 541 g/mol. The van der Waals surface area contributed by atoms with Crippen LogP contribution in [0.25, 0.3) is 10.9 Å². The Morgan fingerprint density at radius 1 is 0.875 bits per heavy atom. The quantitative estimate of drug-likeness (QED) is 0.143. The number of Topliss-reactive ketones (excluding diaryl/α,β-unsaturated/α-hetero) is 3. The van der Waals surface area contributed by atoms with Gasteiger partial charge in [0.05, 0.1) is 24.1 Å². The van der Waals surface area contributed by atoms with Gasteiger partial charge in [0, 0.05) is 30.0 Å². The van der Waals surface area contributed by atoms with Crippen molar-refractivity contribution < 1.29 is 33.4 Å². The molecule has 1 aromatic heterocycles. The first-order valence-corrected chi connectivity index (χ1v) is 13.1. The van der Waals surface area contributed by atoms with E-state index in [-0.39, 0.29) is 55.8 Å². The summed E-state index contributed by atoms with van der Waals surface area (Å²) in [6, 6.07) is 19.8. The van der Waals surface area contributed by atoms with Gasteiger partial charge in [0.1, 0.15) is 23.9 Å². The van der Waals surface area contributed by atoms with Crippen LogP contribution in [0.1, 0.15) is 34.3 Å². The van der Waals surface area contributed by atoms with Crippen molar-refractivity contribution in [2.75, 3.05) is 19.8 Å². The van der Waals surface area contributed by atoms with Gasteiger partial charge in [-0.15, -0.1) is 0 Å². The van der Waals surface area contributed by atoms with E-state index in [1.807, 2.05) is 0 Å². The maximum atomic E-state index is 13.2. The molecule has 8 heteroatoms. The summed E-state index contributed by atoms with van der Waals surface area (Å²) in [6.45, 7) is -0.177. The molecule has 4 aromatic rings. The molecule has 1 aliphatic rings. The molecule has 5 rings (SSSR count). The topological polar surface area (TPSA) is 103 Å². The first-order chi connectivity index (χ1) is 19.4. The molecule has 7 nitrogen and oxygen atoms in total. The Hall–Kier alpha value is -4.27. The number of benzene rings is 3. The molecule has 0 radical (unpaired) electrons. The highest BCUT2D eigenvalue weighted by molar-refractivity contribution is 6.11. The Labute approximate surface area is 230 Å². The van der Waals surface area contributed by atoms with E-state index in [1.165, 1.54) is 12.1 Å². The van der Waals surface area contributed by atoms with E-state index in [9.17, 15) is 18.8 Å². The fourth-order valence-corrected chi connectivity index (χ4v) is 4.65. The maximum Gasteiger partial charge on any atom is 0.188 e. The van der Waals surface area contributed by atoms with Crippen LogP contribution in [0.3, 0.4) is 0 Å². The number of aromatic nitrogens is 1. The van der Waals surface area contributed by atoms with Crippen molar-refractivity contribution in [1.82, 2.24) is 4.98 Å². The number of fused-ring (bicyclic) bond motifs is 1. The minimum atomic E-state index is -0.940. The molecule has 1 N–H and O–H groups in total. The highest BCUT2D eigenvalue weighted by Crippen LogP contribution is 2.48. The second kappa shape index (κ2) is 11.9. The van der Waals surface area contributed by atoms with Crippen molar-refractivity contribution >= 4 is 28.3 Å². The van der Waals surface area contributed by atoms with Gasteiger partial charge in [0.2, 0.25) is 0 Å². The summed E-state index contributed by atoms with van der Waals surface area (Å²) in [5.74, 6) is 0.346. The van der Waals surface area contributed by atoms with E-state index in [4.69, 9.17) is 14.6 Å². The summed E-state index contributed by atoms with van der Waals surface area (Å²) in [6.07, 6.45) is 2.95. The van der Waals surface area contributed by atoms with Crippen molar-refractivity contribution in [3.8, 4) is 11.5 Å². The van der Waals surface area contributed by atoms with E-state index >= 15 is 0 Å². The van der Waals surface area contributed by atoms with Gasteiger partial charge in [-0.1, -0.05) is 30.3 Å². The number of nitrogens with zero attached hydrogens (tertiary/aromatic N) is 1. The summed E-state index contributed by atoms with van der Waals surface area (Å²) < 4.78 is 24.4. The lowest BCUT2D eigenvalue weighted by Crippen LogP contribution is -2.28. The highest BCUT2D eigenvalue weighted by atomic mass is 19.1. The van der Waals surface area contributed by atoms with E-state index in [2.05, 4.69) is 4.98 Å². The standard InChI is InChI=1S/C32H28FNO6/c33-24-6-1-21(2-7-24)17-30(37)32(12-13-32)31(38)18-22-3-8-25(9-4-22)40-29-11-14-34-27-19-23(5-10-26(27)29)28(36)20-39-16-15-35/h1-11,14,19,35H,12-13,15-18,20H2. The van der Waals surface area contributed by atoms with Crippen LogP contribution in [-0.2, 0) is 27.2 Å². The zero-order valence-electron chi connectivity index (χ0n) is 21.8. The molecule has 0 unspecified atom stereocenters. The lowest BCUT2D eigenvalue weighted by molar-refractivity contribution is -0.133. The van der Waals surface area contributed by atoms with Gasteiger partial charge in [-0.05, 0) is 66.4 Å². The SMILES string of the molecule is O=C(COCCO)c1ccc2c(Oc3ccc(CC(=O)C4(C(=O)Cc5ccc(F)cc5)CC4)cc3)ccnc2c1. The molecule has 1 aliphatic carbocycles. The number of carbonyl (C=O) groups excluding carboxylic acids is 3. The predicted octanol–water partition coefficient (Wildman–Crippen LogP) is 5.06. The van der Waals surface area contributed by atoms with Gasteiger partial charge in [0.25, 0.3) is 0 Å². The number of hydrogen-bond acceptors (Lipinski definition) is 7. The van der Waals surface area contributed by atoms with Crippen LogP contribution in [0, 0.1) is 11.2 Å². The van der Waals surface area contributed by atoms with Crippen LogP contribution in [0.5, 0.6) is 11.5 Å². The summed E-state index contributed by atoms with van der Waals surface area (Å²) in [4.78, 5) is 42.7. The van der Waals surface area contributed by atoms with Crippen LogP contribution in [-0.4, -0.2) is 47.3 Å². The molecule has 3 aromatic carbocycles. The molecule has 0 saturated heterocycles. The van der Waals surface area contributed by atoms with E-state index < -0.39 is 5.41 Å².